The Hall–Kier alpha value is -4.19. The molecule has 1 N–H and O–H groups in total. The molecule has 0 aliphatic rings. The second-order valence-electron chi connectivity index (χ2n) is 7.47. The number of amides is 1. The molecule has 0 aliphatic carbocycles. The van der Waals surface area contributed by atoms with Gasteiger partial charge in [0.1, 0.15) is 0 Å². The van der Waals surface area contributed by atoms with Crippen LogP contribution in [0.4, 0.5) is 0 Å². The van der Waals surface area contributed by atoms with Crippen molar-refractivity contribution in [3.8, 4) is 0 Å². The fourth-order valence-corrected chi connectivity index (χ4v) is 3.58. The van der Waals surface area contributed by atoms with Crippen molar-refractivity contribution in [3.63, 3.8) is 0 Å². The largest absolute Gasteiger partial charge is 0.349 e. The van der Waals surface area contributed by atoms with Gasteiger partial charge in [-0.3, -0.25) is 18.7 Å². The second kappa shape index (κ2) is 9.31. The van der Waals surface area contributed by atoms with E-state index < -0.39 is 11.2 Å². The molecule has 6 heteroatoms. The third kappa shape index (κ3) is 4.44. The van der Waals surface area contributed by atoms with E-state index in [4.69, 9.17) is 0 Å². The average molecular weight is 425 g/mol. The molecule has 1 aromatic heterocycles. The van der Waals surface area contributed by atoms with Crippen molar-refractivity contribution in [3.05, 3.63) is 122 Å². The first-order valence-electron chi connectivity index (χ1n) is 10.3. The van der Waals surface area contributed by atoms with Crippen molar-refractivity contribution < 1.29 is 4.79 Å². The number of nitrogens with zero attached hydrogens (tertiary/aromatic N) is 2. The normalized spacial score (nSPS) is 11.2. The van der Waals surface area contributed by atoms with E-state index in [0.29, 0.717) is 23.0 Å². The van der Waals surface area contributed by atoms with Gasteiger partial charge in [0.15, 0.2) is 0 Å². The maximum atomic E-state index is 13.1. The third-order valence-electron chi connectivity index (χ3n) is 5.29. The van der Waals surface area contributed by atoms with Crippen LogP contribution in [0, 0.1) is 0 Å². The molecule has 1 amide bonds. The molecule has 0 fully saturated rings. The number of aromatic nitrogens is 2. The van der Waals surface area contributed by atoms with E-state index in [-0.39, 0.29) is 12.5 Å². The van der Waals surface area contributed by atoms with Gasteiger partial charge in [-0.25, -0.2) is 4.79 Å². The van der Waals surface area contributed by atoms with Gasteiger partial charge in [0.25, 0.3) is 11.5 Å². The summed E-state index contributed by atoms with van der Waals surface area (Å²) in [6, 6.07) is 23.9. The first-order chi connectivity index (χ1) is 15.5. The fourth-order valence-electron chi connectivity index (χ4n) is 3.58. The lowest BCUT2D eigenvalue weighted by atomic mass is 10.1. The van der Waals surface area contributed by atoms with E-state index in [0.717, 1.165) is 11.1 Å². The van der Waals surface area contributed by atoms with Crippen LogP contribution >= 0.6 is 0 Å². The highest BCUT2D eigenvalue weighted by Crippen LogP contribution is 2.12. The quantitative estimate of drug-likeness (QED) is 0.516. The van der Waals surface area contributed by atoms with Crippen LogP contribution in [-0.4, -0.2) is 21.6 Å². The zero-order valence-electron chi connectivity index (χ0n) is 17.7. The summed E-state index contributed by atoms with van der Waals surface area (Å²) in [6.07, 6.45) is 3.80. The Balaban J connectivity index is 1.60. The van der Waals surface area contributed by atoms with Crippen LogP contribution in [0.5, 0.6) is 0 Å². The van der Waals surface area contributed by atoms with E-state index in [2.05, 4.69) is 5.32 Å². The van der Waals surface area contributed by atoms with Crippen molar-refractivity contribution in [1.29, 1.82) is 0 Å². The Kier molecular flexibility index (Phi) is 6.12. The molecule has 0 spiro atoms. The highest BCUT2D eigenvalue weighted by atomic mass is 16.2. The molecule has 0 saturated heterocycles. The molecule has 0 radical (unpaired) electrons. The molecule has 3 aromatic carbocycles. The van der Waals surface area contributed by atoms with E-state index in [1.54, 1.807) is 25.2 Å². The number of hydrogen-bond acceptors (Lipinski definition) is 3. The van der Waals surface area contributed by atoms with Gasteiger partial charge in [-0.05, 0) is 29.3 Å². The maximum absolute atomic E-state index is 13.1. The molecule has 4 rings (SSSR count). The first-order valence-corrected chi connectivity index (χ1v) is 10.3. The van der Waals surface area contributed by atoms with Gasteiger partial charge in [-0.2, -0.15) is 0 Å². The van der Waals surface area contributed by atoms with E-state index in [1.807, 2.05) is 72.8 Å². The van der Waals surface area contributed by atoms with Crippen LogP contribution in [0.15, 0.2) is 94.5 Å². The zero-order valence-corrected chi connectivity index (χ0v) is 17.7. The Morgan fingerprint density at radius 1 is 0.938 bits per heavy atom. The molecule has 0 aliphatic heterocycles. The summed E-state index contributed by atoms with van der Waals surface area (Å²) in [4.78, 5) is 38.5. The predicted octanol–water partition coefficient (Wildman–Crippen LogP) is 3.19. The average Bonchev–Trinajstić information content (AvgIpc) is 2.84. The molecule has 1 heterocycles. The highest BCUT2D eigenvalue weighted by Gasteiger charge is 2.14. The lowest BCUT2D eigenvalue weighted by Crippen LogP contribution is -2.39. The second-order valence-corrected chi connectivity index (χ2v) is 7.47. The highest BCUT2D eigenvalue weighted by molar-refractivity contribution is 5.97. The summed E-state index contributed by atoms with van der Waals surface area (Å²) in [5.41, 5.74) is 1.95. The molecule has 0 atom stereocenters. The molecule has 160 valence electrons. The van der Waals surface area contributed by atoms with Gasteiger partial charge in [-0.1, -0.05) is 72.8 Å². The lowest BCUT2D eigenvalue weighted by molar-refractivity contribution is 0.0958. The van der Waals surface area contributed by atoms with E-state index in [9.17, 15) is 14.4 Å². The van der Waals surface area contributed by atoms with Crippen LogP contribution in [-0.2, 0) is 13.6 Å². The first kappa shape index (κ1) is 21.1. The van der Waals surface area contributed by atoms with Crippen molar-refractivity contribution >= 4 is 22.9 Å². The molecule has 0 saturated carbocycles. The Morgan fingerprint density at radius 3 is 2.34 bits per heavy atom. The van der Waals surface area contributed by atoms with Crippen LogP contribution in [0.3, 0.4) is 0 Å². The monoisotopic (exact) mass is 425 g/mol. The summed E-state index contributed by atoms with van der Waals surface area (Å²) < 4.78 is 2.63. The lowest BCUT2D eigenvalue weighted by Gasteiger charge is -2.12. The fraction of sp³-hybridized carbons (Fsp3) is 0.115. The zero-order chi connectivity index (χ0) is 22.5. The van der Waals surface area contributed by atoms with E-state index in [1.165, 1.54) is 9.13 Å². The molecular formula is C26H23N3O3. The molecule has 0 bridgehead atoms. The number of rotatable bonds is 6. The smallest absolute Gasteiger partial charge is 0.331 e. The molecular weight excluding hydrogens is 402 g/mol. The van der Waals surface area contributed by atoms with Gasteiger partial charge in [0.05, 0.1) is 17.4 Å². The number of fused-ring (bicyclic) bond motifs is 1. The van der Waals surface area contributed by atoms with Gasteiger partial charge in [-0.15, -0.1) is 0 Å². The summed E-state index contributed by atoms with van der Waals surface area (Å²) >= 11 is 0. The topological polar surface area (TPSA) is 73.1 Å². The Bertz CT molecular complexity index is 1400. The van der Waals surface area contributed by atoms with Crippen molar-refractivity contribution in [2.75, 3.05) is 6.54 Å². The van der Waals surface area contributed by atoms with Gasteiger partial charge in [0.2, 0.25) is 0 Å². The summed E-state index contributed by atoms with van der Waals surface area (Å²) in [6.45, 7) is 0.528. The van der Waals surface area contributed by atoms with Gasteiger partial charge >= 0.3 is 5.69 Å². The van der Waals surface area contributed by atoms with E-state index >= 15 is 0 Å². The van der Waals surface area contributed by atoms with Crippen LogP contribution in [0.2, 0.25) is 0 Å². The summed E-state index contributed by atoms with van der Waals surface area (Å²) in [5.74, 6) is -0.285. The van der Waals surface area contributed by atoms with Crippen LogP contribution < -0.4 is 16.6 Å². The standard InChI is InChI=1S/C26H23N3O3/c1-28-23-15-14-21(24(30)27-16-8-13-19-9-4-2-5-10-19)17-22(23)25(31)29(26(28)32)18-20-11-6-3-7-12-20/h2-15,17H,16,18H2,1H3,(H,27,30). The molecule has 6 nitrogen and oxygen atoms in total. The van der Waals surface area contributed by atoms with Crippen LogP contribution in [0.1, 0.15) is 21.5 Å². The SMILES string of the molecule is Cn1c(=O)n(Cc2ccccc2)c(=O)c2cc(C(=O)NCC=Cc3ccccc3)ccc21. The van der Waals surface area contributed by atoms with Gasteiger partial charge < -0.3 is 5.32 Å². The number of benzene rings is 3. The summed E-state index contributed by atoms with van der Waals surface area (Å²) in [7, 11) is 1.62. The minimum Gasteiger partial charge on any atom is -0.349 e. The number of carbonyl (C=O) groups excluding carboxylic acids is 1. The van der Waals surface area contributed by atoms with Crippen molar-refractivity contribution in [2.24, 2.45) is 7.05 Å². The van der Waals surface area contributed by atoms with Gasteiger partial charge in [0, 0.05) is 19.2 Å². The number of carbonyl (C=O) groups is 1. The Labute approximate surface area is 185 Å². The number of aryl methyl sites for hydroxylation is 1. The molecule has 0 unspecified atom stereocenters. The predicted molar refractivity (Wildman–Crippen MR) is 127 cm³/mol. The maximum Gasteiger partial charge on any atom is 0.331 e. The Morgan fingerprint density at radius 2 is 1.62 bits per heavy atom. The van der Waals surface area contributed by atoms with Crippen molar-refractivity contribution in [1.82, 2.24) is 14.5 Å². The van der Waals surface area contributed by atoms with Crippen LogP contribution in [0.25, 0.3) is 17.0 Å². The van der Waals surface area contributed by atoms with Crippen molar-refractivity contribution in [2.45, 2.75) is 6.54 Å². The molecule has 32 heavy (non-hydrogen) atoms. The number of hydrogen-bond donors (Lipinski definition) is 1. The minimum absolute atomic E-state index is 0.170. The minimum atomic E-state index is -0.412. The molecule has 4 aromatic rings. The summed E-state index contributed by atoms with van der Waals surface area (Å²) in [5, 5.41) is 3.16. The third-order valence-corrected chi connectivity index (χ3v) is 5.29. The number of nitrogens with one attached hydrogen (secondary N) is 1.